The molecular formula is C32H36N2O3. The maximum absolute atomic E-state index is 13.2. The third kappa shape index (κ3) is 5.27. The van der Waals surface area contributed by atoms with E-state index in [9.17, 15) is 9.59 Å². The Morgan fingerprint density at radius 3 is 2.51 bits per heavy atom. The van der Waals surface area contributed by atoms with Gasteiger partial charge in [-0.15, -0.1) is 0 Å². The van der Waals surface area contributed by atoms with Gasteiger partial charge in [-0.1, -0.05) is 75.4 Å². The molecule has 37 heavy (non-hydrogen) atoms. The number of ether oxygens (including phenoxy) is 1. The van der Waals surface area contributed by atoms with Crippen molar-refractivity contribution in [3.63, 3.8) is 0 Å². The van der Waals surface area contributed by atoms with Gasteiger partial charge in [-0.2, -0.15) is 0 Å². The fourth-order valence-electron chi connectivity index (χ4n) is 5.48. The van der Waals surface area contributed by atoms with Crippen molar-refractivity contribution in [2.45, 2.75) is 52.6 Å². The lowest BCUT2D eigenvalue weighted by atomic mass is 9.86. The summed E-state index contributed by atoms with van der Waals surface area (Å²) < 4.78 is 5.46. The van der Waals surface area contributed by atoms with Crippen LogP contribution in [0.1, 0.15) is 55.4 Å². The van der Waals surface area contributed by atoms with Crippen LogP contribution >= 0.6 is 0 Å². The van der Waals surface area contributed by atoms with Crippen molar-refractivity contribution >= 4 is 11.8 Å². The van der Waals surface area contributed by atoms with Gasteiger partial charge in [0.25, 0.3) is 0 Å². The van der Waals surface area contributed by atoms with E-state index in [1.807, 2.05) is 56.0 Å². The Balaban J connectivity index is 1.40. The first-order valence-corrected chi connectivity index (χ1v) is 13.2. The molecule has 0 bridgehead atoms. The molecule has 1 heterocycles. The summed E-state index contributed by atoms with van der Waals surface area (Å²) in [5, 5.41) is 3.20. The summed E-state index contributed by atoms with van der Waals surface area (Å²) >= 11 is 0. The molecule has 5 nitrogen and oxygen atoms in total. The number of rotatable bonds is 6. The van der Waals surface area contributed by atoms with Crippen LogP contribution in [0, 0.1) is 11.3 Å². The number of benzene rings is 3. The van der Waals surface area contributed by atoms with Crippen molar-refractivity contribution in [2.24, 2.45) is 11.3 Å². The van der Waals surface area contributed by atoms with Crippen molar-refractivity contribution in [1.29, 1.82) is 0 Å². The van der Waals surface area contributed by atoms with Gasteiger partial charge in [-0.05, 0) is 64.3 Å². The van der Waals surface area contributed by atoms with Crippen LogP contribution in [0.5, 0.6) is 5.75 Å². The molecule has 2 amide bonds. The fraction of sp³-hybridized carbons (Fsp3) is 0.375. The van der Waals surface area contributed by atoms with Crippen LogP contribution in [-0.2, 0) is 29.1 Å². The first kappa shape index (κ1) is 25.1. The molecule has 3 aromatic rings. The van der Waals surface area contributed by atoms with Gasteiger partial charge in [0, 0.05) is 31.0 Å². The largest absolute Gasteiger partial charge is 0.497 e. The van der Waals surface area contributed by atoms with E-state index in [-0.39, 0.29) is 17.7 Å². The quantitative estimate of drug-likeness (QED) is 0.475. The topological polar surface area (TPSA) is 58.6 Å². The van der Waals surface area contributed by atoms with Gasteiger partial charge in [-0.25, -0.2) is 0 Å². The number of nitrogens with one attached hydrogen (secondary N) is 1. The van der Waals surface area contributed by atoms with Gasteiger partial charge >= 0.3 is 0 Å². The van der Waals surface area contributed by atoms with Crippen molar-refractivity contribution < 1.29 is 14.3 Å². The number of carbonyl (C=O) groups excluding carboxylic acids is 2. The number of nitrogens with zero attached hydrogens (tertiary/aromatic N) is 1. The third-order valence-corrected chi connectivity index (χ3v) is 7.63. The highest BCUT2D eigenvalue weighted by Crippen LogP contribution is 2.47. The van der Waals surface area contributed by atoms with Crippen molar-refractivity contribution in [3.8, 4) is 16.9 Å². The van der Waals surface area contributed by atoms with Crippen LogP contribution in [-0.4, -0.2) is 30.4 Å². The second kappa shape index (κ2) is 10.0. The van der Waals surface area contributed by atoms with E-state index in [0.29, 0.717) is 25.6 Å². The lowest BCUT2D eigenvalue weighted by Gasteiger charge is -2.35. The highest BCUT2D eigenvalue weighted by Gasteiger charge is 2.43. The van der Waals surface area contributed by atoms with E-state index in [4.69, 9.17) is 4.74 Å². The SMILES string of the molecule is COc1cccc(-c2ccc(CNC(=O)C3CC3c3ccccc3)c3c2CCN(C(=O)C(C)(C)C)C3)c1. The Morgan fingerprint density at radius 2 is 1.78 bits per heavy atom. The number of carbonyl (C=O) groups is 2. The second-order valence-corrected chi connectivity index (χ2v) is 11.3. The lowest BCUT2D eigenvalue weighted by molar-refractivity contribution is -0.140. The fourth-order valence-corrected chi connectivity index (χ4v) is 5.48. The van der Waals surface area contributed by atoms with E-state index in [1.54, 1.807) is 7.11 Å². The predicted molar refractivity (Wildman–Crippen MR) is 146 cm³/mol. The van der Waals surface area contributed by atoms with Gasteiger partial charge < -0.3 is 15.0 Å². The number of hydrogen-bond donors (Lipinski definition) is 1. The minimum atomic E-state index is -0.436. The molecule has 3 aromatic carbocycles. The zero-order chi connectivity index (χ0) is 26.2. The lowest BCUT2D eigenvalue weighted by Crippen LogP contribution is -2.43. The Kier molecular flexibility index (Phi) is 6.80. The molecule has 5 rings (SSSR count). The van der Waals surface area contributed by atoms with E-state index in [2.05, 4.69) is 41.7 Å². The first-order valence-electron chi connectivity index (χ1n) is 13.2. The third-order valence-electron chi connectivity index (χ3n) is 7.63. The minimum absolute atomic E-state index is 0.0354. The zero-order valence-corrected chi connectivity index (χ0v) is 22.2. The molecule has 1 aliphatic carbocycles. The average molecular weight is 497 g/mol. The monoisotopic (exact) mass is 496 g/mol. The normalized spacial score (nSPS) is 18.6. The molecule has 0 spiro atoms. The molecule has 1 fully saturated rings. The highest BCUT2D eigenvalue weighted by molar-refractivity contribution is 5.84. The zero-order valence-electron chi connectivity index (χ0n) is 22.2. The van der Waals surface area contributed by atoms with Crippen molar-refractivity contribution in [1.82, 2.24) is 10.2 Å². The van der Waals surface area contributed by atoms with Crippen molar-refractivity contribution in [3.05, 3.63) is 89.0 Å². The molecular weight excluding hydrogens is 460 g/mol. The van der Waals surface area contributed by atoms with Crippen LogP contribution in [0.4, 0.5) is 0 Å². The predicted octanol–water partition coefficient (Wildman–Crippen LogP) is 5.71. The van der Waals surface area contributed by atoms with Crippen molar-refractivity contribution in [2.75, 3.05) is 13.7 Å². The first-order chi connectivity index (χ1) is 17.8. The molecule has 0 radical (unpaired) electrons. The van der Waals surface area contributed by atoms with Gasteiger partial charge in [0.1, 0.15) is 5.75 Å². The maximum Gasteiger partial charge on any atom is 0.228 e. The minimum Gasteiger partial charge on any atom is -0.497 e. The molecule has 1 N–H and O–H groups in total. The van der Waals surface area contributed by atoms with Gasteiger partial charge in [0.15, 0.2) is 0 Å². The van der Waals surface area contributed by atoms with E-state index >= 15 is 0 Å². The number of methoxy groups -OCH3 is 1. The van der Waals surface area contributed by atoms with Gasteiger partial charge in [-0.3, -0.25) is 9.59 Å². The van der Waals surface area contributed by atoms with Crippen LogP contribution < -0.4 is 10.1 Å². The smallest absolute Gasteiger partial charge is 0.228 e. The van der Waals surface area contributed by atoms with E-state index in [1.165, 1.54) is 11.1 Å². The summed E-state index contributed by atoms with van der Waals surface area (Å²) in [6.07, 6.45) is 1.68. The summed E-state index contributed by atoms with van der Waals surface area (Å²) in [7, 11) is 1.68. The number of amides is 2. The summed E-state index contributed by atoms with van der Waals surface area (Å²) in [4.78, 5) is 28.1. The molecule has 2 atom stereocenters. The standard InChI is InChI=1S/C32H36N2O3/c1-32(2,3)31(36)34-16-15-26-25(22-11-8-12-24(17-22)37-4)14-13-23(29(26)20-34)19-33-30(35)28-18-27(28)21-9-6-5-7-10-21/h5-14,17,27-28H,15-16,18-20H2,1-4H3,(H,33,35). The Morgan fingerprint density at radius 1 is 1.00 bits per heavy atom. The van der Waals surface area contributed by atoms with Crippen LogP contribution in [0.2, 0.25) is 0 Å². The molecule has 0 aromatic heterocycles. The van der Waals surface area contributed by atoms with Gasteiger partial charge in [0.2, 0.25) is 11.8 Å². The van der Waals surface area contributed by atoms with E-state index in [0.717, 1.165) is 40.8 Å². The van der Waals surface area contributed by atoms with E-state index < -0.39 is 5.41 Å². The molecule has 2 unspecified atom stereocenters. The van der Waals surface area contributed by atoms with Crippen LogP contribution in [0.25, 0.3) is 11.1 Å². The highest BCUT2D eigenvalue weighted by atomic mass is 16.5. The average Bonchev–Trinajstić information content (AvgIpc) is 3.72. The molecule has 1 aliphatic heterocycles. The number of hydrogen-bond acceptors (Lipinski definition) is 3. The second-order valence-electron chi connectivity index (χ2n) is 11.3. The molecule has 1 saturated carbocycles. The summed E-state index contributed by atoms with van der Waals surface area (Å²) in [6, 6.07) is 22.7. The Hall–Kier alpha value is -3.60. The van der Waals surface area contributed by atoms with Gasteiger partial charge in [0.05, 0.1) is 7.11 Å². The molecule has 2 aliphatic rings. The Labute approximate surface area is 219 Å². The number of fused-ring (bicyclic) bond motifs is 1. The summed E-state index contributed by atoms with van der Waals surface area (Å²) in [5.41, 5.74) is 6.56. The molecule has 0 saturated heterocycles. The van der Waals surface area contributed by atoms with Crippen LogP contribution in [0.15, 0.2) is 66.7 Å². The molecule has 5 heteroatoms. The Bertz CT molecular complexity index is 1310. The van der Waals surface area contributed by atoms with Crippen LogP contribution in [0.3, 0.4) is 0 Å². The summed E-state index contributed by atoms with van der Waals surface area (Å²) in [5.74, 6) is 1.43. The summed E-state index contributed by atoms with van der Waals surface area (Å²) in [6.45, 7) is 7.63. The maximum atomic E-state index is 13.2. The molecule has 192 valence electrons.